The highest BCUT2D eigenvalue weighted by molar-refractivity contribution is 5.76. The van der Waals surface area contributed by atoms with Crippen LogP contribution in [0.4, 0.5) is 0 Å². The van der Waals surface area contributed by atoms with Crippen LogP contribution in [0.25, 0.3) is 0 Å². The number of ether oxygens (including phenoxy) is 4. The van der Waals surface area contributed by atoms with Gasteiger partial charge in [0.05, 0.1) is 5.41 Å². The van der Waals surface area contributed by atoms with Crippen molar-refractivity contribution in [3.05, 3.63) is 12.2 Å². The third-order valence-electron chi connectivity index (χ3n) is 3.22. The molecule has 4 atom stereocenters. The first-order valence-corrected chi connectivity index (χ1v) is 7.83. The van der Waals surface area contributed by atoms with Crippen LogP contribution in [0.5, 0.6) is 0 Å². The maximum atomic E-state index is 12.2. The fourth-order valence-corrected chi connectivity index (χ4v) is 2.17. The van der Waals surface area contributed by atoms with E-state index in [4.69, 9.17) is 18.9 Å². The maximum absolute atomic E-state index is 12.2. The Kier molecular flexibility index (Phi) is 6.72. The Morgan fingerprint density at radius 3 is 1.36 bits per heavy atom. The summed E-state index contributed by atoms with van der Waals surface area (Å²) in [5, 5.41) is 0. The first-order chi connectivity index (χ1) is 11.4. The lowest BCUT2D eigenvalue weighted by atomic mass is 9.93. The van der Waals surface area contributed by atoms with Crippen LogP contribution in [0.3, 0.4) is 0 Å². The Balaban J connectivity index is 3.17. The lowest BCUT2D eigenvalue weighted by Gasteiger charge is -2.37. The van der Waals surface area contributed by atoms with E-state index in [2.05, 4.69) is 0 Å². The molecule has 140 valence electrons. The molecule has 25 heavy (non-hydrogen) atoms. The zero-order valence-electron chi connectivity index (χ0n) is 15.2. The fraction of sp³-hybridized carbons (Fsp3) is 0.647. The SMILES string of the molecule is CC(=O)O[C@@H]1[C@@H](OC(C)=O)[C@H](OC(=O)C(C)(C)C)C=C[C@H]1OC(C)=O. The second kappa shape index (κ2) is 8.13. The van der Waals surface area contributed by atoms with Crippen molar-refractivity contribution in [1.29, 1.82) is 0 Å². The third-order valence-corrected chi connectivity index (χ3v) is 3.22. The van der Waals surface area contributed by atoms with Crippen molar-refractivity contribution in [2.24, 2.45) is 5.41 Å². The molecule has 1 aliphatic carbocycles. The van der Waals surface area contributed by atoms with Gasteiger partial charge in [-0.15, -0.1) is 0 Å². The molecule has 1 aliphatic rings. The van der Waals surface area contributed by atoms with E-state index in [1.165, 1.54) is 32.9 Å². The topological polar surface area (TPSA) is 105 Å². The molecule has 0 heterocycles. The minimum Gasteiger partial charge on any atom is -0.454 e. The van der Waals surface area contributed by atoms with Gasteiger partial charge in [-0.3, -0.25) is 19.2 Å². The monoisotopic (exact) mass is 356 g/mol. The van der Waals surface area contributed by atoms with Gasteiger partial charge in [-0.05, 0) is 32.9 Å². The van der Waals surface area contributed by atoms with E-state index in [1.54, 1.807) is 20.8 Å². The van der Waals surface area contributed by atoms with Gasteiger partial charge in [0.1, 0.15) is 0 Å². The summed E-state index contributed by atoms with van der Waals surface area (Å²) in [7, 11) is 0. The van der Waals surface area contributed by atoms with E-state index in [1.807, 2.05) is 0 Å². The molecule has 0 N–H and O–H groups in total. The number of carbonyl (C=O) groups excluding carboxylic acids is 4. The van der Waals surface area contributed by atoms with Crippen LogP contribution in [0, 0.1) is 5.41 Å². The lowest BCUT2D eigenvalue weighted by Crippen LogP contribution is -2.53. The molecule has 8 heteroatoms. The second-order valence-corrected chi connectivity index (χ2v) is 6.73. The number of rotatable bonds is 4. The maximum Gasteiger partial charge on any atom is 0.311 e. The van der Waals surface area contributed by atoms with Crippen LogP contribution in [-0.4, -0.2) is 48.3 Å². The molecule has 0 spiro atoms. The van der Waals surface area contributed by atoms with Gasteiger partial charge in [-0.1, -0.05) is 0 Å². The summed E-state index contributed by atoms with van der Waals surface area (Å²) >= 11 is 0. The summed E-state index contributed by atoms with van der Waals surface area (Å²) in [6.07, 6.45) is -1.32. The van der Waals surface area contributed by atoms with Gasteiger partial charge in [-0.2, -0.15) is 0 Å². The predicted molar refractivity (Wildman–Crippen MR) is 85.1 cm³/mol. The van der Waals surface area contributed by atoms with Gasteiger partial charge < -0.3 is 18.9 Å². The van der Waals surface area contributed by atoms with Crippen molar-refractivity contribution >= 4 is 23.9 Å². The Labute approximate surface area is 146 Å². The molecule has 0 aromatic carbocycles. The quantitative estimate of drug-likeness (QED) is 0.422. The van der Waals surface area contributed by atoms with Crippen molar-refractivity contribution < 1.29 is 38.1 Å². The molecule has 0 aliphatic heterocycles. The van der Waals surface area contributed by atoms with Gasteiger partial charge in [-0.25, -0.2) is 0 Å². The largest absolute Gasteiger partial charge is 0.454 e. The van der Waals surface area contributed by atoms with Crippen LogP contribution in [0.1, 0.15) is 41.5 Å². The molecule has 0 unspecified atom stereocenters. The predicted octanol–water partition coefficient (Wildman–Crippen LogP) is 1.31. The number of esters is 4. The van der Waals surface area contributed by atoms with E-state index in [-0.39, 0.29) is 0 Å². The van der Waals surface area contributed by atoms with E-state index >= 15 is 0 Å². The highest BCUT2D eigenvalue weighted by Crippen LogP contribution is 2.27. The Morgan fingerprint density at radius 2 is 1.04 bits per heavy atom. The zero-order chi connectivity index (χ0) is 19.4. The molecule has 0 saturated heterocycles. The van der Waals surface area contributed by atoms with Crippen LogP contribution >= 0.6 is 0 Å². The van der Waals surface area contributed by atoms with Crippen molar-refractivity contribution in [3.8, 4) is 0 Å². The third kappa shape index (κ3) is 6.21. The van der Waals surface area contributed by atoms with Crippen LogP contribution in [0.15, 0.2) is 12.2 Å². The minimum atomic E-state index is -1.14. The Bertz CT molecular complexity index is 572. The van der Waals surface area contributed by atoms with Gasteiger partial charge in [0.15, 0.2) is 24.4 Å². The summed E-state index contributed by atoms with van der Waals surface area (Å²) in [6, 6.07) is 0. The molecule has 0 fully saturated rings. The van der Waals surface area contributed by atoms with Gasteiger partial charge >= 0.3 is 23.9 Å². The van der Waals surface area contributed by atoms with E-state index in [0.29, 0.717) is 0 Å². The standard InChI is InChI=1S/C17H24O8/c1-9(18)22-12-7-8-13(25-16(21)17(4,5)6)15(24-11(3)20)14(12)23-10(2)19/h7-8,12-15H,1-6H3/t12-,13-,14+,15+/m1/s1. The van der Waals surface area contributed by atoms with Crippen LogP contribution in [0.2, 0.25) is 0 Å². The van der Waals surface area contributed by atoms with Crippen molar-refractivity contribution in [2.75, 3.05) is 0 Å². The summed E-state index contributed by atoms with van der Waals surface area (Å²) in [6.45, 7) is 8.57. The molecule has 0 radical (unpaired) electrons. The summed E-state index contributed by atoms with van der Waals surface area (Å²) in [5.74, 6) is -2.43. The molecule has 0 bridgehead atoms. The van der Waals surface area contributed by atoms with Crippen molar-refractivity contribution in [1.82, 2.24) is 0 Å². The first kappa shape index (κ1) is 20.7. The fourth-order valence-electron chi connectivity index (χ4n) is 2.17. The summed E-state index contributed by atoms with van der Waals surface area (Å²) in [4.78, 5) is 46.3. The summed E-state index contributed by atoms with van der Waals surface area (Å²) < 4.78 is 20.9. The van der Waals surface area contributed by atoms with Crippen LogP contribution in [-0.2, 0) is 38.1 Å². The average molecular weight is 356 g/mol. The smallest absolute Gasteiger partial charge is 0.311 e. The van der Waals surface area contributed by atoms with Gasteiger partial charge in [0, 0.05) is 20.8 Å². The minimum absolute atomic E-state index is 0.521. The zero-order valence-corrected chi connectivity index (χ0v) is 15.2. The Morgan fingerprint density at radius 1 is 0.680 bits per heavy atom. The van der Waals surface area contributed by atoms with Crippen molar-refractivity contribution in [2.45, 2.75) is 66.0 Å². The van der Waals surface area contributed by atoms with E-state index in [9.17, 15) is 19.2 Å². The molecule has 0 aromatic rings. The molecule has 0 aromatic heterocycles. The highest BCUT2D eigenvalue weighted by atomic mass is 16.6. The van der Waals surface area contributed by atoms with Gasteiger partial charge in [0.25, 0.3) is 0 Å². The normalized spacial score (nSPS) is 25.7. The number of carbonyl (C=O) groups is 4. The lowest BCUT2D eigenvalue weighted by molar-refractivity contribution is -0.195. The molecule has 1 rings (SSSR count). The second-order valence-electron chi connectivity index (χ2n) is 6.73. The first-order valence-electron chi connectivity index (χ1n) is 7.83. The molecular formula is C17H24O8. The van der Waals surface area contributed by atoms with Gasteiger partial charge in [0.2, 0.25) is 0 Å². The molecule has 8 nitrogen and oxygen atoms in total. The molecular weight excluding hydrogens is 332 g/mol. The molecule has 0 saturated carbocycles. The van der Waals surface area contributed by atoms with Crippen LogP contribution < -0.4 is 0 Å². The average Bonchev–Trinajstić information content (AvgIpc) is 2.42. The van der Waals surface area contributed by atoms with E-state index < -0.39 is 53.7 Å². The Hall–Kier alpha value is -2.38. The molecule has 0 amide bonds. The highest BCUT2D eigenvalue weighted by Gasteiger charge is 2.45. The summed E-state index contributed by atoms with van der Waals surface area (Å²) in [5.41, 5.74) is -0.779. The number of hydrogen-bond donors (Lipinski definition) is 0. The number of hydrogen-bond acceptors (Lipinski definition) is 8. The van der Waals surface area contributed by atoms with E-state index in [0.717, 1.165) is 0 Å². The van der Waals surface area contributed by atoms with Crippen molar-refractivity contribution in [3.63, 3.8) is 0 Å².